The normalized spacial score (nSPS) is 13.9. The van der Waals surface area contributed by atoms with Crippen LogP contribution in [0.25, 0.3) is 17.1 Å². The number of halogens is 1. The van der Waals surface area contributed by atoms with Crippen molar-refractivity contribution in [3.63, 3.8) is 0 Å². The summed E-state index contributed by atoms with van der Waals surface area (Å²) in [6.07, 6.45) is 2.18. The van der Waals surface area contributed by atoms with Gasteiger partial charge in [0.15, 0.2) is 11.0 Å². The molecule has 0 radical (unpaired) electrons. The van der Waals surface area contributed by atoms with Crippen molar-refractivity contribution in [3.8, 4) is 17.1 Å². The van der Waals surface area contributed by atoms with Crippen LogP contribution in [0, 0.1) is 0 Å². The molecular formula is C20H19ClN4OS. The Hall–Kier alpha value is -2.31. The van der Waals surface area contributed by atoms with Crippen LogP contribution in [0.2, 0.25) is 5.02 Å². The van der Waals surface area contributed by atoms with E-state index in [-0.39, 0.29) is 5.91 Å². The van der Waals surface area contributed by atoms with Crippen LogP contribution < -0.4 is 0 Å². The van der Waals surface area contributed by atoms with Gasteiger partial charge < -0.3 is 4.90 Å². The summed E-state index contributed by atoms with van der Waals surface area (Å²) in [6, 6.07) is 17.5. The lowest BCUT2D eigenvalue weighted by molar-refractivity contribution is -0.127. The fourth-order valence-electron chi connectivity index (χ4n) is 3.17. The van der Waals surface area contributed by atoms with Gasteiger partial charge in [-0.25, -0.2) is 0 Å². The lowest BCUT2D eigenvalue weighted by Gasteiger charge is -2.15. The highest BCUT2D eigenvalue weighted by Crippen LogP contribution is 2.32. The van der Waals surface area contributed by atoms with Crippen LogP contribution >= 0.6 is 23.4 Å². The zero-order valence-electron chi connectivity index (χ0n) is 14.7. The molecule has 1 saturated heterocycles. The zero-order chi connectivity index (χ0) is 18.6. The molecule has 3 aromatic rings. The van der Waals surface area contributed by atoms with E-state index >= 15 is 0 Å². The van der Waals surface area contributed by atoms with Gasteiger partial charge in [0, 0.05) is 24.3 Å². The molecule has 138 valence electrons. The average Bonchev–Trinajstić information content (AvgIpc) is 3.37. The van der Waals surface area contributed by atoms with Crippen molar-refractivity contribution in [2.75, 3.05) is 18.8 Å². The summed E-state index contributed by atoms with van der Waals surface area (Å²) in [5, 5.41) is 10.0. The van der Waals surface area contributed by atoms with E-state index < -0.39 is 0 Å². The molecule has 0 unspecified atom stereocenters. The Labute approximate surface area is 167 Å². The Kier molecular flexibility index (Phi) is 5.45. The monoisotopic (exact) mass is 398 g/mol. The molecule has 0 spiro atoms. The van der Waals surface area contributed by atoms with Crippen LogP contribution in [0.1, 0.15) is 12.8 Å². The molecule has 27 heavy (non-hydrogen) atoms. The van der Waals surface area contributed by atoms with Crippen LogP contribution in [0.5, 0.6) is 0 Å². The van der Waals surface area contributed by atoms with Crippen LogP contribution in [-0.4, -0.2) is 44.4 Å². The van der Waals surface area contributed by atoms with Gasteiger partial charge in [-0.1, -0.05) is 53.7 Å². The van der Waals surface area contributed by atoms with E-state index in [9.17, 15) is 4.79 Å². The molecule has 1 aliphatic heterocycles. The van der Waals surface area contributed by atoms with Crippen molar-refractivity contribution in [1.29, 1.82) is 0 Å². The molecule has 5 nitrogen and oxygen atoms in total. The lowest BCUT2D eigenvalue weighted by Crippen LogP contribution is -2.29. The molecule has 4 rings (SSSR count). The molecule has 1 amide bonds. The number of para-hydroxylation sites is 1. The third kappa shape index (κ3) is 3.87. The van der Waals surface area contributed by atoms with Crippen molar-refractivity contribution in [1.82, 2.24) is 19.7 Å². The minimum Gasteiger partial charge on any atom is -0.342 e. The largest absolute Gasteiger partial charge is 0.342 e. The maximum Gasteiger partial charge on any atom is 0.233 e. The van der Waals surface area contributed by atoms with E-state index in [1.807, 2.05) is 64.1 Å². The number of nitrogens with zero attached hydrogens (tertiary/aromatic N) is 4. The van der Waals surface area contributed by atoms with E-state index in [2.05, 4.69) is 10.2 Å². The van der Waals surface area contributed by atoms with E-state index in [0.717, 1.165) is 37.2 Å². The van der Waals surface area contributed by atoms with E-state index in [1.165, 1.54) is 11.8 Å². The number of carbonyl (C=O) groups excluding carboxylic acids is 1. The average molecular weight is 399 g/mol. The summed E-state index contributed by atoms with van der Waals surface area (Å²) < 4.78 is 1.96. The van der Waals surface area contributed by atoms with Crippen LogP contribution in [0.15, 0.2) is 59.8 Å². The molecule has 0 saturated carbocycles. The third-order valence-corrected chi connectivity index (χ3v) is 5.79. The molecule has 1 fully saturated rings. The maximum atomic E-state index is 12.4. The number of thioether (sulfide) groups is 1. The van der Waals surface area contributed by atoms with Crippen LogP contribution in [0.4, 0.5) is 0 Å². The molecule has 0 bridgehead atoms. The maximum absolute atomic E-state index is 12.4. The van der Waals surface area contributed by atoms with Gasteiger partial charge in [-0.05, 0) is 37.1 Å². The van der Waals surface area contributed by atoms with Crippen LogP contribution in [0.3, 0.4) is 0 Å². The SMILES string of the molecule is O=C(CSc1nnc(-c2ccccc2Cl)n1-c1ccccc1)N1CCCC1. The van der Waals surface area contributed by atoms with Gasteiger partial charge in [-0.2, -0.15) is 0 Å². The second kappa shape index (κ2) is 8.15. The highest BCUT2D eigenvalue weighted by Gasteiger charge is 2.21. The first-order valence-corrected chi connectivity index (χ1v) is 10.3. The molecule has 0 atom stereocenters. The Morgan fingerprint density at radius 3 is 2.44 bits per heavy atom. The number of likely N-dealkylation sites (tertiary alicyclic amines) is 1. The van der Waals surface area contributed by atoms with Crippen molar-refractivity contribution in [3.05, 3.63) is 59.6 Å². The number of amides is 1. The number of carbonyl (C=O) groups is 1. The zero-order valence-corrected chi connectivity index (χ0v) is 16.3. The first-order valence-electron chi connectivity index (χ1n) is 8.90. The molecule has 0 N–H and O–H groups in total. The standard InChI is InChI=1S/C20H19ClN4OS/c21-17-11-5-4-10-16(17)19-22-23-20(25(19)15-8-2-1-3-9-15)27-14-18(26)24-12-6-7-13-24/h1-5,8-11H,6-7,12-14H2. The smallest absolute Gasteiger partial charge is 0.233 e. The predicted molar refractivity (Wildman–Crippen MR) is 108 cm³/mol. The quantitative estimate of drug-likeness (QED) is 0.601. The molecule has 0 aliphatic carbocycles. The fourth-order valence-corrected chi connectivity index (χ4v) is 4.25. The van der Waals surface area contributed by atoms with Gasteiger partial charge in [-0.3, -0.25) is 9.36 Å². The molecule has 2 heterocycles. The summed E-state index contributed by atoms with van der Waals surface area (Å²) in [5.74, 6) is 1.18. The summed E-state index contributed by atoms with van der Waals surface area (Å²) in [4.78, 5) is 14.3. The van der Waals surface area contributed by atoms with Gasteiger partial charge in [0.2, 0.25) is 5.91 Å². The van der Waals surface area contributed by atoms with Crippen molar-refractivity contribution in [2.24, 2.45) is 0 Å². The van der Waals surface area contributed by atoms with Gasteiger partial charge >= 0.3 is 0 Å². The van der Waals surface area contributed by atoms with Crippen LogP contribution in [-0.2, 0) is 4.79 Å². The predicted octanol–water partition coefficient (Wildman–Crippen LogP) is 4.30. The molecule has 1 aliphatic rings. The summed E-state index contributed by atoms with van der Waals surface area (Å²) in [7, 11) is 0. The first-order chi connectivity index (χ1) is 13.2. The van der Waals surface area contributed by atoms with Gasteiger partial charge in [0.1, 0.15) is 0 Å². The second-order valence-electron chi connectivity index (χ2n) is 6.33. The summed E-state index contributed by atoms with van der Waals surface area (Å²) in [6.45, 7) is 1.71. The first kappa shape index (κ1) is 18.1. The number of hydrogen-bond donors (Lipinski definition) is 0. The fraction of sp³-hybridized carbons (Fsp3) is 0.250. The Bertz CT molecular complexity index is 938. The Morgan fingerprint density at radius 2 is 1.70 bits per heavy atom. The Balaban J connectivity index is 1.67. The Morgan fingerprint density at radius 1 is 1.00 bits per heavy atom. The topological polar surface area (TPSA) is 51.0 Å². The van der Waals surface area contributed by atoms with Gasteiger partial charge in [-0.15, -0.1) is 10.2 Å². The number of benzene rings is 2. The van der Waals surface area contributed by atoms with Crippen molar-refractivity contribution < 1.29 is 4.79 Å². The van der Waals surface area contributed by atoms with Gasteiger partial charge in [0.05, 0.1) is 10.8 Å². The third-order valence-electron chi connectivity index (χ3n) is 4.55. The number of hydrogen-bond acceptors (Lipinski definition) is 4. The molecule has 2 aromatic carbocycles. The van der Waals surface area contributed by atoms with E-state index in [0.29, 0.717) is 21.8 Å². The molecular weight excluding hydrogens is 380 g/mol. The minimum absolute atomic E-state index is 0.152. The van der Waals surface area contributed by atoms with E-state index in [4.69, 9.17) is 11.6 Å². The molecule has 1 aromatic heterocycles. The number of aromatic nitrogens is 3. The van der Waals surface area contributed by atoms with Crippen molar-refractivity contribution >= 4 is 29.3 Å². The minimum atomic E-state index is 0.152. The molecule has 7 heteroatoms. The van der Waals surface area contributed by atoms with Crippen molar-refractivity contribution in [2.45, 2.75) is 18.0 Å². The number of rotatable bonds is 5. The summed E-state index contributed by atoms with van der Waals surface area (Å²) >= 11 is 7.81. The highest BCUT2D eigenvalue weighted by atomic mass is 35.5. The van der Waals surface area contributed by atoms with Gasteiger partial charge in [0.25, 0.3) is 0 Å². The highest BCUT2D eigenvalue weighted by molar-refractivity contribution is 7.99. The second-order valence-corrected chi connectivity index (χ2v) is 7.68. The van der Waals surface area contributed by atoms with E-state index in [1.54, 1.807) is 0 Å². The summed E-state index contributed by atoms with van der Waals surface area (Å²) in [5.41, 5.74) is 1.75. The lowest BCUT2D eigenvalue weighted by atomic mass is 10.2.